The zero-order chi connectivity index (χ0) is 42.3. The van der Waals surface area contributed by atoms with Crippen molar-refractivity contribution < 1.29 is 13.6 Å². The van der Waals surface area contributed by atoms with Crippen LogP contribution in [0.15, 0.2) is 0 Å². The number of likely N-dealkylation sites (N-methyl/N-ethyl adjacent to an activating group) is 1. The maximum atomic E-state index is 12.4. The van der Waals surface area contributed by atoms with Gasteiger partial charge in [-0.2, -0.15) is 0 Å². The smallest absolute Gasteiger partial charge is 0.321 e. The summed E-state index contributed by atoms with van der Waals surface area (Å²) in [6, 6.07) is 1.00. The monoisotopic (exact) mass is 854 g/mol. The highest BCUT2D eigenvalue weighted by Gasteiger charge is 2.29. The number of carbonyl (C=O) groups is 1. The van der Waals surface area contributed by atoms with Crippen molar-refractivity contribution >= 4 is 26.2 Å². The number of unbranched alkanes of at least 4 members (excludes halogenated alkanes) is 34. The molecule has 0 amide bonds. The SMILES string of the molecule is CCCCCCCCCCCCCCCCCCC(CCCCCCCCCCCCCCCCCC)(CO[SiH](CCCSC(=O)CCCCCCC)OCC)NC. The van der Waals surface area contributed by atoms with Gasteiger partial charge in [0.1, 0.15) is 0 Å². The minimum Gasteiger partial charge on any atom is -0.397 e. The lowest BCUT2D eigenvalue weighted by Gasteiger charge is -2.35. The van der Waals surface area contributed by atoms with Gasteiger partial charge in [-0.3, -0.25) is 4.79 Å². The van der Waals surface area contributed by atoms with Crippen molar-refractivity contribution in [3.8, 4) is 0 Å². The van der Waals surface area contributed by atoms with E-state index in [9.17, 15) is 4.79 Å². The molecule has 1 N–H and O–H groups in total. The summed E-state index contributed by atoms with van der Waals surface area (Å²) in [6.07, 6.45) is 55.5. The number of thioether (sulfide) groups is 1. The van der Waals surface area contributed by atoms with Gasteiger partial charge in [-0.25, -0.2) is 0 Å². The van der Waals surface area contributed by atoms with Crippen molar-refractivity contribution in [1.29, 1.82) is 0 Å². The summed E-state index contributed by atoms with van der Waals surface area (Å²) in [7, 11) is 0.414. The van der Waals surface area contributed by atoms with Gasteiger partial charge in [0.15, 0.2) is 5.12 Å². The van der Waals surface area contributed by atoms with Gasteiger partial charge < -0.3 is 14.2 Å². The molecule has 6 heteroatoms. The van der Waals surface area contributed by atoms with E-state index in [4.69, 9.17) is 8.85 Å². The molecule has 0 saturated carbocycles. The van der Waals surface area contributed by atoms with Crippen molar-refractivity contribution in [2.45, 2.75) is 303 Å². The van der Waals surface area contributed by atoms with Gasteiger partial charge in [-0.15, -0.1) is 0 Å². The summed E-state index contributed by atoms with van der Waals surface area (Å²) >= 11 is 1.54. The lowest BCUT2D eigenvalue weighted by atomic mass is 9.87. The Morgan fingerprint density at radius 3 is 1.10 bits per heavy atom. The van der Waals surface area contributed by atoms with Crippen molar-refractivity contribution in [3.63, 3.8) is 0 Å². The first-order valence-corrected chi connectivity index (χ1v) is 29.4. The second-order valence-corrected chi connectivity index (χ2v) is 21.6. The Morgan fingerprint density at radius 2 is 0.776 bits per heavy atom. The Hall–Kier alpha value is 0.117. The molecule has 0 saturated heterocycles. The Bertz CT molecular complexity index is 765. The third-order valence-electron chi connectivity index (χ3n) is 12.8. The Labute approximate surface area is 372 Å². The van der Waals surface area contributed by atoms with E-state index in [0.29, 0.717) is 5.12 Å². The molecule has 0 spiro atoms. The van der Waals surface area contributed by atoms with E-state index in [-0.39, 0.29) is 5.54 Å². The van der Waals surface area contributed by atoms with Gasteiger partial charge >= 0.3 is 9.28 Å². The van der Waals surface area contributed by atoms with Crippen molar-refractivity contribution in [2.24, 2.45) is 0 Å². The average molecular weight is 855 g/mol. The molecular formula is C52H107NO3SSi. The number of hydrogen-bond donors (Lipinski definition) is 1. The predicted octanol–water partition coefficient (Wildman–Crippen LogP) is 17.5. The molecule has 0 aliphatic heterocycles. The van der Waals surface area contributed by atoms with Crippen LogP contribution in [0.5, 0.6) is 0 Å². The van der Waals surface area contributed by atoms with Gasteiger partial charge in [0.2, 0.25) is 0 Å². The quantitative estimate of drug-likeness (QED) is 0.0488. The van der Waals surface area contributed by atoms with Crippen LogP contribution in [0, 0.1) is 0 Å². The highest BCUT2D eigenvalue weighted by atomic mass is 32.2. The minimum absolute atomic E-state index is 0.0524. The molecule has 0 aromatic carbocycles. The molecule has 4 nitrogen and oxygen atoms in total. The Morgan fingerprint density at radius 1 is 0.448 bits per heavy atom. The molecule has 0 aromatic heterocycles. The molecule has 1 atom stereocenters. The molecule has 0 rings (SSSR count). The molecule has 0 aromatic rings. The lowest BCUT2D eigenvalue weighted by molar-refractivity contribution is -0.111. The Balaban J connectivity index is 4.58. The molecular weight excluding hydrogens is 747 g/mol. The number of hydrogen-bond acceptors (Lipinski definition) is 5. The van der Waals surface area contributed by atoms with Crippen LogP contribution in [0.4, 0.5) is 0 Å². The number of rotatable bonds is 50. The van der Waals surface area contributed by atoms with E-state index in [1.807, 2.05) is 0 Å². The largest absolute Gasteiger partial charge is 0.397 e. The van der Waals surface area contributed by atoms with Crippen LogP contribution in [-0.2, 0) is 13.6 Å². The van der Waals surface area contributed by atoms with Crippen molar-refractivity contribution in [2.75, 3.05) is 26.0 Å². The van der Waals surface area contributed by atoms with Crippen LogP contribution in [0.3, 0.4) is 0 Å². The molecule has 0 bridgehead atoms. The fourth-order valence-corrected chi connectivity index (χ4v) is 11.6. The van der Waals surface area contributed by atoms with Crippen LogP contribution < -0.4 is 5.32 Å². The van der Waals surface area contributed by atoms with Gasteiger partial charge in [-0.05, 0) is 45.7 Å². The van der Waals surface area contributed by atoms with Crippen LogP contribution in [0.2, 0.25) is 6.04 Å². The van der Waals surface area contributed by atoms with Crippen LogP contribution >= 0.6 is 11.8 Å². The molecule has 1 unspecified atom stereocenters. The second-order valence-electron chi connectivity index (χ2n) is 18.4. The zero-order valence-corrected chi connectivity index (χ0v) is 42.5. The van der Waals surface area contributed by atoms with Crippen molar-refractivity contribution in [1.82, 2.24) is 5.32 Å². The van der Waals surface area contributed by atoms with E-state index < -0.39 is 9.28 Å². The zero-order valence-electron chi connectivity index (χ0n) is 40.5. The first kappa shape index (κ1) is 58.1. The van der Waals surface area contributed by atoms with E-state index in [1.165, 1.54) is 244 Å². The van der Waals surface area contributed by atoms with Crippen molar-refractivity contribution in [3.05, 3.63) is 0 Å². The molecule has 0 aliphatic carbocycles. The first-order chi connectivity index (χ1) is 28.6. The fourth-order valence-electron chi connectivity index (χ4n) is 8.65. The van der Waals surface area contributed by atoms with Crippen LogP contribution in [0.1, 0.15) is 291 Å². The van der Waals surface area contributed by atoms with Gasteiger partial charge in [0, 0.05) is 24.3 Å². The normalized spacial score (nSPS) is 12.5. The lowest BCUT2D eigenvalue weighted by Crippen LogP contribution is -2.49. The summed E-state index contributed by atoms with van der Waals surface area (Å²) < 4.78 is 13.0. The second kappa shape index (κ2) is 48.2. The summed E-state index contributed by atoms with van der Waals surface area (Å²) in [5.41, 5.74) is 0.0524. The van der Waals surface area contributed by atoms with Crippen LogP contribution in [-0.4, -0.2) is 46.0 Å². The molecule has 0 radical (unpaired) electrons. The predicted molar refractivity (Wildman–Crippen MR) is 265 cm³/mol. The summed E-state index contributed by atoms with van der Waals surface area (Å²) in [5, 5.41) is 4.20. The summed E-state index contributed by atoms with van der Waals surface area (Å²) in [6.45, 7) is 10.5. The molecule has 348 valence electrons. The van der Waals surface area contributed by atoms with Gasteiger partial charge in [-0.1, -0.05) is 264 Å². The van der Waals surface area contributed by atoms with Crippen LogP contribution in [0.25, 0.3) is 0 Å². The maximum absolute atomic E-state index is 12.4. The average Bonchev–Trinajstić information content (AvgIpc) is 3.23. The van der Waals surface area contributed by atoms with E-state index in [2.05, 4.69) is 40.1 Å². The van der Waals surface area contributed by atoms with Gasteiger partial charge in [0.25, 0.3) is 0 Å². The third kappa shape index (κ3) is 41.5. The highest BCUT2D eigenvalue weighted by Crippen LogP contribution is 2.26. The molecule has 0 aliphatic rings. The Kier molecular flexibility index (Phi) is 48.3. The van der Waals surface area contributed by atoms with E-state index >= 15 is 0 Å². The summed E-state index contributed by atoms with van der Waals surface area (Å²) in [5.74, 6) is 0.906. The topological polar surface area (TPSA) is 47.6 Å². The molecule has 0 fully saturated rings. The molecule has 58 heavy (non-hydrogen) atoms. The number of nitrogens with one attached hydrogen (secondary N) is 1. The van der Waals surface area contributed by atoms with E-state index in [1.54, 1.807) is 11.8 Å². The third-order valence-corrected chi connectivity index (χ3v) is 15.9. The standard InChI is InChI=1S/C52H107NO3SSi/c1-6-10-13-16-18-20-22-24-26-28-30-32-34-36-39-42-46-52(53-5,47-43-40-37-35-33-31-29-27-25-23-21-19-17-14-11-7-2)50-56-58(55-9-4)49-44-48-57-51(54)45-41-38-15-12-8-3/h53,58H,6-50H2,1-5H3. The van der Waals surface area contributed by atoms with E-state index in [0.717, 1.165) is 44.3 Å². The first-order valence-electron chi connectivity index (χ1n) is 26.6. The fraction of sp³-hybridized carbons (Fsp3) is 0.981. The number of carbonyl (C=O) groups excluding carboxylic acids is 1. The summed E-state index contributed by atoms with van der Waals surface area (Å²) in [4.78, 5) is 12.4. The molecule has 0 heterocycles. The van der Waals surface area contributed by atoms with Gasteiger partial charge in [0.05, 0.1) is 6.61 Å². The minimum atomic E-state index is -1.77. The maximum Gasteiger partial charge on any atom is 0.321 e. The highest BCUT2D eigenvalue weighted by molar-refractivity contribution is 8.13.